The second-order valence-electron chi connectivity index (χ2n) is 2.60. The van der Waals surface area contributed by atoms with Gasteiger partial charge in [-0.3, -0.25) is 0 Å². The highest BCUT2D eigenvalue weighted by atomic mass is 35.5. The number of halogens is 1. The quantitative estimate of drug-likeness (QED) is 0.608. The van der Waals surface area contributed by atoms with Crippen LogP contribution in [-0.4, -0.2) is 11.1 Å². The predicted molar refractivity (Wildman–Crippen MR) is 56.4 cm³/mol. The fourth-order valence-electron chi connectivity index (χ4n) is 0.870. The first-order valence-electron chi connectivity index (χ1n) is 4.00. The highest BCUT2D eigenvalue weighted by molar-refractivity contribution is 6.33. The summed E-state index contributed by atoms with van der Waals surface area (Å²) < 4.78 is 0. The van der Waals surface area contributed by atoms with Crippen molar-refractivity contribution in [3.63, 3.8) is 0 Å². The van der Waals surface area contributed by atoms with Crippen molar-refractivity contribution in [3.8, 4) is 6.07 Å². The Morgan fingerprint density at radius 3 is 2.73 bits per heavy atom. The lowest BCUT2D eigenvalue weighted by molar-refractivity contribution is -0.132. The Hall–Kier alpha value is -1.99. The molecule has 0 bridgehead atoms. The van der Waals surface area contributed by atoms with E-state index in [1.54, 1.807) is 30.3 Å². The van der Waals surface area contributed by atoms with E-state index in [9.17, 15) is 4.79 Å². The summed E-state index contributed by atoms with van der Waals surface area (Å²) >= 11 is 5.81. The maximum atomic E-state index is 10.5. The molecule has 0 heterocycles. The van der Waals surface area contributed by atoms with Gasteiger partial charge in [-0.2, -0.15) is 5.26 Å². The number of benzene rings is 1. The number of carboxylic acid groups (broad SMARTS) is 1. The maximum absolute atomic E-state index is 10.5. The molecule has 0 aliphatic rings. The first-order valence-corrected chi connectivity index (χ1v) is 4.37. The Balaban J connectivity index is 2.85. The fraction of sp³-hybridized carbons (Fsp3) is 0. The minimum atomic E-state index is -1.28. The smallest absolute Gasteiger partial charge is 0.347 e. The van der Waals surface area contributed by atoms with E-state index in [2.05, 4.69) is 5.32 Å². The fourth-order valence-corrected chi connectivity index (χ4v) is 1.06. The molecule has 1 aromatic carbocycles. The van der Waals surface area contributed by atoms with Crippen LogP contribution in [0.3, 0.4) is 0 Å². The summed E-state index contributed by atoms with van der Waals surface area (Å²) in [5.41, 5.74) is 0.170. The Kier molecular flexibility index (Phi) is 3.72. The van der Waals surface area contributed by atoms with Gasteiger partial charge in [0.25, 0.3) is 0 Å². The molecule has 0 saturated carbocycles. The molecule has 0 spiro atoms. The highest BCUT2D eigenvalue weighted by Gasteiger charge is 2.05. The first kappa shape index (κ1) is 11.1. The van der Waals surface area contributed by atoms with Crippen LogP contribution in [0.2, 0.25) is 5.02 Å². The second-order valence-corrected chi connectivity index (χ2v) is 3.01. The zero-order valence-corrected chi connectivity index (χ0v) is 8.32. The molecule has 0 amide bonds. The van der Waals surface area contributed by atoms with Crippen LogP contribution < -0.4 is 5.32 Å². The molecule has 5 heteroatoms. The van der Waals surface area contributed by atoms with E-state index in [-0.39, 0.29) is 5.57 Å². The molecule has 76 valence electrons. The predicted octanol–water partition coefficient (Wildman–Crippen LogP) is 2.24. The summed E-state index contributed by atoms with van der Waals surface area (Å²) in [4.78, 5) is 10.5. The van der Waals surface area contributed by atoms with Crippen molar-refractivity contribution in [2.45, 2.75) is 0 Å². The minimum Gasteiger partial charge on any atom is -0.477 e. The molecule has 0 aliphatic heterocycles. The van der Waals surface area contributed by atoms with E-state index in [1.807, 2.05) is 0 Å². The monoisotopic (exact) mass is 222 g/mol. The standard InChI is InChI=1S/C10H7ClN2O2/c11-8-3-1-2-4-9(8)13-6-7(5-12)10(14)15/h1-4,6,13H,(H,14,15)/b7-6+. The molecule has 2 N–H and O–H groups in total. The van der Waals surface area contributed by atoms with Crippen LogP contribution >= 0.6 is 11.6 Å². The van der Waals surface area contributed by atoms with Gasteiger partial charge in [-0.25, -0.2) is 4.79 Å². The molecule has 0 unspecified atom stereocenters. The number of hydrogen-bond acceptors (Lipinski definition) is 3. The van der Waals surface area contributed by atoms with E-state index in [0.717, 1.165) is 6.20 Å². The lowest BCUT2D eigenvalue weighted by Crippen LogP contribution is -2.01. The number of carboxylic acids is 1. The summed E-state index contributed by atoms with van der Waals surface area (Å²) in [7, 11) is 0. The number of nitrogens with one attached hydrogen (secondary N) is 1. The van der Waals surface area contributed by atoms with E-state index in [4.69, 9.17) is 22.0 Å². The van der Waals surface area contributed by atoms with Crippen molar-refractivity contribution in [2.75, 3.05) is 5.32 Å². The number of anilines is 1. The Bertz CT molecular complexity index is 449. The van der Waals surface area contributed by atoms with Gasteiger partial charge in [-0.05, 0) is 12.1 Å². The largest absolute Gasteiger partial charge is 0.477 e. The normalized spacial score (nSPS) is 10.5. The van der Waals surface area contributed by atoms with Gasteiger partial charge in [0.15, 0.2) is 5.57 Å². The number of aliphatic carboxylic acids is 1. The van der Waals surface area contributed by atoms with Gasteiger partial charge in [0.2, 0.25) is 0 Å². The summed E-state index contributed by atoms with van der Waals surface area (Å²) in [5.74, 6) is -1.28. The van der Waals surface area contributed by atoms with Crippen LogP contribution in [-0.2, 0) is 4.79 Å². The third-order valence-electron chi connectivity index (χ3n) is 1.60. The molecule has 15 heavy (non-hydrogen) atoms. The number of hydrogen-bond donors (Lipinski definition) is 2. The van der Waals surface area contributed by atoms with E-state index in [1.165, 1.54) is 0 Å². The average Bonchev–Trinajstić information content (AvgIpc) is 2.21. The van der Waals surface area contributed by atoms with Gasteiger partial charge in [-0.15, -0.1) is 0 Å². The van der Waals surface area contributed by atoms with Crippen molar-refractivity contribution in [3.05, 3.63) is 41.1 Å². The van der Waals surface area contributed by atoms with Crippen molar-refractivity contribution in [1.82, 2.24) is 0 Å². The Labute approximate surface area is 91.4 Å². The number of para-hydroxylation sites is 1. The van der Waals surface area contributed by atoms with Crippen LogP contribution in [0.4, 0.5) is 5.69 Å². The molecule has 1 rings (SSSR count). The molecule has 1 aromatic rings. The van der Waals surface area contributed by atoms with Crippen LogP contribution in [0.15, 0.2) is 36.0 Å². The molecule has 0 fully saturated rings. The molecule has 4 nitrogen and oxygen atoms in total. The number of rotatable bonds is 3. The number of nitriles is 1. The highest BCUT2D eigenvalue weighted by Crippen LogP contribution is 2.20. The van der Waals surface area contributed by atoms with Crippen LogP contribution in [0.5, 0.6) is 0 Å². The molecule has 0 aromatic heterocycles. The third kappa shape index (κ3) is 3.01. The zero-order valence-electron chi connectivity index (χ0n) is 7.57. The summed E-state index contributed by atoms with van der Waals surface area (Å²) in [5, 5.41) is 20.1. The zero-order chi connectivity index (χ0) is 11.3. The van der Waals surface area contributed by atoms with E-state index < -0.39 is 5.97 Å². The maximum Gasteiger partial charge on any atom is 0.347 e. The SMILES string of the molecule is N#C/C(=C\Nc1ccccc1Cl)C(=O)O. The third-order valence-corrected chi connectivity index (χ3v) is 1.93. The molecule has 0 aliphatic carbocycles. The second kappa shape index (κ2) is 5.03. The van der Waals surface area contributed by atoms with Gasteiger partial charge in [0.1, 0.15) is 6.07 Å². The van der Waals surface area contributed by atoms with Crippen molar-refractivity contribution in [1.29, 1.82) is 5.26 Å². The van der Waals surface area contributed by atoms with Gasteiger partial charge >= 0.3 is 5.97 Å². The van der Waals surface area contributed by atoms with Crippen LogP contribution in [0.25, 0.3) is 0 Å². The summed E-state index contributed by atoms with van der Waals surface area (Å²) in [6, 6.07) is 8.38. The molecular weight excluding hydrogens is 216 g/mol. The van der Waals surface area contributed by atoms with Gasteiger partial charge in [0.05, 0.1) is 10.7 Å². The lowest BCUT2D eigenvalue weighted by Gasteiger charge is -2.02. The van der Waals surface area contributed by atoms with Crippen molar-refractivity contribution < 1.29 is 9.90 Å². The average molecular weight is 223 g/mol. The van der Waals surface area contributed by atoms with Gasteiger partial charge < -0.3 is 10.4 Å². The van der Waals surface area contributed by atoms with Gasteiger partial charge in [-0.1, -0.05) is 23.7 Å². The summed E-state index contributed by atoms with van der Waals surface area (Å²) in [6.07, 6.45) is 1.10. The molecule has 0 radical (unpaired) electrons. The van der Waals surface area contributed by atoms with Crippen LogP contribution in [0, 0.1) is 11.3 Å². The van der Waals surface area contributed by atoms with E-state index >= 15 is 0 Å². The van der Waals surface area contributed by atoms with Crippen molar-refractivity contribution >= 4 is 23.3 Å². The lowest BCUT2D eigenvalue weighted by atomic mass is 10.3. The van der Waals surface area contributed by atoms with Crippen molar-refractivity contribution in [2.24, 2.45) is 0 Å². The number of nitrogens with zero attached hydrogens (tertiary/aromatic N) is 1. The minimum absolute atomic E-state index is 0.380. The molecule has 0 saturated heterocycles. The molecular formula is C10H7ClN2O2. The van der Waals surface area contributed by atoms with E-state index in [0.29, 0.717) is 10.7 Å². The Morgan fingerprint density at radius 1 is 1.53 bits per heavy atom. The molecule has 0 atom stereocenters. The van der Waals surface area contributed by atoms with Crippen LogP contribution in [0.1, 0.15) is 0 Å². The summed E-state index contributed by atoms with van der Waals surface area (Å²) in [6.45, 7) is 0. The van der Waals surface area contributed by atoms with Gasteiger partial charge in [0, 0.05) is 6.20 Å². The number of carbonyl (C=O) groups is 1. The first-order chi connectivity index (χ1) is 7.15. The topological polar surface area (TPSA) is 73.1 Å². The Morgan fingerprint density at radius 2 is 2.20 bits per heavy atom.